The lowest BCUT2D eigenvalue weighted by molar-refractivity contribution is -0.150. The quantitative estimate of drug-likeness (QED) is 0.863. The largest absolute Gasteiger partial charge is 0.397 e. The van der Waals surface area contributed by atoms with Crippen LogP contribution in [0.4, 0.5) is 18.9 Å². The fraction of sp³-hybridized carbons (Fsp3) is 0.222. The number of anilines is 1. The summed E-state index contributed by atoms with van der Waals surface area (Å²) in [7, 11) is 1.05. The van der Waals surface area contributed by atoms with Crippen LogP contribution in [0.5, 0.6) is 0 Å². The third-order valence-electron chi connectivity index (χ3n) is 1.86. The Morgan fingerprint density at radius 2 is 1.89 bits per heavy atom. The second kappa shape index (κ2) is 5.56. The molecular weight excluding hydrogens is 330 g/mol. The van der Waals surface area contributed by atoms with E-state index in [-0.39, 0.29) is 15.6 Å². The molecule has 0 aliphatic rings. The summed E-state index contributed by atoms with van der Waals surface area (Å²) in [4.78, 5) is 10.7. The summed E-state index contributed by atoms with van der Waals surface area (Å²) in [6.07, 6.45) is -6.31. The third kappa shape index (κ3) is 5.25. The standard InChI is InChI=1S/C9H6Cl2F3NO3S/c10-6-3-5(19(11,17)18)1-2-7(6)15-8(16)4-9(12,13)14/h1-3H,4H2,(H,15,16). The zero-order chi connectivity index (χ0) is 14.8. The Morgan fingerprint density at radius 1 is 1.32 bits per heavy atom. The Bertz CT molecular complexity index is 601. The number of halogens is 5. The monoisotopic (exact) mass is 335 g/mol. The molecule has 0 aliphatic carbocycles. The first kappa shape index (κ1) is 16.1. The minimum Gasteiger partial charge on any atom is -0.324 e. The molecule has 0 saturated heterocycles. The molecule has 0 bridgehead atoms. The number of carbonyl (C=O) groups is 1. The van der Waals surface area contributed by atoms with Crippen molar-refractivity contribution < 1.29 is 26.4 Å². The van der Waals surface area contributed by atoms with Crippen molar-refractivity contribution in [1.82, 2.24) is 0 Å². The van der Waals surface area contributed by atoms with Gasteiger partial charge in [-0.2, -0.15) is 13.2 Å². The summed E-state index contributed by atoms with van der Waals surface area (Å²) < 4.78 is 57.8. The summed E-state index contributed by atoms with van der Waals surface area (Å²) in [5.74, 6) is -1.31. The zero-order valence-electron chi connectivity index (χ0n) is 8.96. The van der Waals surface area contributed by atoms with Gasteiger partial charge in [0.1, 0.15) is 6.42 Å². The highest BCUT2D eigenvalue weighted by Crippen LogP contribution is 2.28. The molecule has 0 atom stereocenters. The number of nitrogens with one attached hydrogen (secondary N) is 1. The first-order chi connectivity index (χ1) is 8.49. The van der Waals surface area contributed by atoms with Crippen molar-refractivity contribution in [2.45, 2.75) is 17.5 Å². The maximum atomic E-state index is 11.9. The average molecular weight is 336 g/mol. The summed E-state index contributed by atoms with van der Waals surface area (Å²) in [5, 5.41) is 1.68. The van der Waals surface area contributed by atoms with Crippen molar-refractivity contribution in [2.75, 3.05) is 5.32 Å². The Labute approximate surface area is 115 Å². The summed E-state index contributed by atoms with van der Waals surface area (Å²) in [6.45, 7) is 0. The Kier molecular flexibility index (Phi) is 4.70. The average Bonchev–Trinajstić information content (AvgIpc) is 2.16. The van der Waals surface area contributed by atoms with Crippen molar-refractivity contribution in [2.24, 2.45) is 0 Å². The predicted molar refractivity (Wildman–Crippen MR) is 63.8 cm³/mol. The molecule has 106 valence electrons. The van der Waals surface area contributed by atoms with E-state index in [1.54, 1.807) is 0 Å². The molecule has 0 heterocycles. The minimum atomic E-state index is -4.64. The molecule has 1 N–H and O–H groups in total. The predicted octanol–water partition coefficient (Wildman–Crippen LogP) is 3.16. The van der Waals surface area contributed by atoms with Crippen molar-refractivity contribution >= 4 is 42.9 Å². The van der Waals surface area contributed by atoms with Gasteiger partial charge in [-0.1, -0.05) is 11.6 Å². The minimum absolute atomic E-state index is 0.139. The molecule has 1 rings (SSSR count). The lowest BCUT2D eigenvalue weighted by Crippen LogP contribution is -2.21. The normalized spacial score (nSPS) is 12.3. The van der Waals surface area contributed by atoms with Crippen LogP contribution in [-0.4, -0.2) is 20.5 Å². The van der Waals surface area contributed by atoms with Gasteiger partial charge < -0.3 is 5.32 Å². The highest BCUT2D eigenvalue weighted by Gasteiger charge is 2.31. The summed E-state index contributed by atoms with van der Waals surface area (Å²) in [5.41, 5.74) is -0.139. The molecular formula is C9H6Cl2F3NO3S. The van der Waals surface area contributed by atoms with Gasteiger partial charge in [-0.15, -0.1) is 0 Å². The molecule has 1 amide bonds. The Morgan fingerprint density at radius 3 is 2.32 bits per heavy atom. The molecule has 19 heavy (non-hydrogen) atoms. The molecule has 10 heteroatoms. The van der Waals surface area contributed by atoms with Crippen LogP contribution in [0.25, 0.3) is 0 Å². The number of amides is 1. The van der Waals surface area contributed by atoms with E-state index in [1.807, 2.05) is 5.32 Å². The molecule has 0 saturated carbocycles. The molecule has 1 aromatic rings. The maximum absolute atomic E-state index is 11.9. The topological polar surface area (TPSA) is 63.2 Å². The van der Waals surface area contributed by atoms with E-state index < -0.39 is 27.6 Å². The van der Waals surface area contributed by atoms with E-state index in [1.165, 1.54) is 0 Å². The fourth-order valence-corrected chi connectivity index (χ4v) is 2.19. The molecule has 0 fully saturated rings. The number of carbonyl (C=O) groups excluding carboxylic acids is 1. The van der Waals surface area contributed by atoms with Crippen molar-refractivity contribution in [3.63, 3.8) is 0 Å². The number of hydrogen-bond donors (Lipinski definition) is 1. The summed E-state index contributed by atoms with van der Waals surface area (Å²) >= 11 is 5.63. The highest BCUT2D eigenvalue weighted by atomic mass is 35.7. The third-order valence-corrected chi connectivity index (χ3v) is 3.52. The molecule has 0 aliphatic heterocycles. The zero-order valence-corrected chi connectivity index (χ0v) is 11.3. The first-order valence-electron chi connectivity index (χ1n) is 4.60. The van der Waals surface area contributed by atoms with E-state index in [2.05, 4.69) is 0 Å². The second-order valence-electron chi connectivity index (χ2n) is 3.42. The van der Waals surface area contributed by atoms with Gasteiger partial charge in [0.15, 0.2) is 0 Å². The van der Waals surface area contributed by atoms with Gasteiger partial charge in [0, 0.05) is 10.7 Å². The lowest BCUT2D eigenvalue weighted by atomic mass is 10.3. The van der Waals surface area contributed by atoms with Gasteiger partial charge in [-0.3, -0.25) is 4.79 Å². The van der Waals surface area contributed by atoms with Crippen LogP contribution in [0.15, 0.2) is 23.1 Å². The van der Waals surface area contributed by atoms with Crippen LogP contribution < -0.4 is 5.32 Å². The van der Waals surface area contributed by atoms with Gasteiger partial charge in [0.05, 0.1) is 15.6 Å². The molecule has 0 aromatic heterocycles. The number of benzene rings is 1. The molecule has 0 spiro atoms. The second-order valence-corrected chi connectivity index (χ2v) is 6.39. The van der Waals surface area contributed by atoms with E-state index in [9.17, 15) is 26.4 Å². The van der Waals surface area contributed by atoms with Crippen LogP contribution in [0.1, 0.15) is 6.42 Å². The highest BCUT2D eigenvalue weighted by molar-refractivity contribution is 8.13. The molecule has 4 nitrogen and oxygen atoms in total. The number of rotatable bonds is 3. The van der Waals surface area contributed by atoms with Crippen LogP contribution in [0.3, 0.4) is 0 Å². The summed E-state index contributed by atoms with van der Waals surface area (Å²) in [6, 6.07) is 2.98. The van der Waals surface area contributed by atoms with Crippen molar-refractivity contribution in [3.05, 3.63) is 23.2 Å². The van der Waals surface area contributed by atoms with E-state index in [0.717, 1.165) is 18.2 Å². The number of alkyl halides is 3. The van der Waals surface area contributed by atoms with Crippen LogP contribution >= 0.6 is 22.3 Å². The van der Waals surface area contributed by atoms with E-state index in [4.69, 9.17) is 22.3 Å². The first-order valence-corrected chi connectivity index (χ1v) is 7.28. The lowest BCUT2D eigenvalue weighted by Gasteiger charge is -2.09. The van der Waals surface area contributed by atoms with Gasteiger partial charge >= 0.3 is 6.18 Å². The van der Waals surface area contributed by atoms with Gasteiger partial charge in [0.2, 0.25) is 5.91 Å². The van der Waals surface area contributed by atoms with Gasteiger partial charge in [0.25, 0.3) is 9.05 Å². The Balaban J connectivity index is 2.90. The van der Waals surface area contributed by atoms with Gasteiger partial charge in [-0.25, -0.2) is 8.42 Å². The SMILES string of the molecule is O=C(CC(F)(F)F)Nc1ccc(S(=O)(=O)Cl)cc1Cl. The Hall–Kier alpha value is -0.990. The molecule has 1 aromatic carbocycles. The van der Waals surface area contributed by atoms with Crippen molar-refractivity contribution in [3.8, 4) is 0 Å². The fourth-order valence-electron chi connectivity index (χ4n) is 1.13. The number of hydrogen-bond acceptors (Lipinski definition) is 3. The molecule has 0 radical (unpaired) electrons. The van der Waals surface area contributed by atoms with E-state index in [0.29, 0.717) is 0 Å². The van der Waals surface area contributed by atoms with Crippen LogP contribution in [0, 0.1) is 0 Å². The van der Waals surface area contributed by atoms with Crippen molar-refractivity contribution in [1.29, 1.82) is 0 Å². The smallest absolute Gasteiger partial charge is 0.324 e. The maximum Gasteiger partial charge on any atom is 0.397 e. The molecule has 0 unspecified atom stereocenters. The van der Waals surface area contributed by atoms with Crippen LogP contribution in [0.2, 0.25) is 5.02 Å². The van der Waals surface area contributed by atoms with Crippen LogP contribution in [-0.2, 0) is 13.8 Å². The van der Waals surface area contributed by atoms with Gasteiger partial charge in [-0.05, 0) is 18.2 Å². The van der Waals surface area contributed by atoms with E-state index >= 15 is 0 Å².